The molecule has 1 saturated heterocycles. The van der Waals surface area contributed by atoms with Crippen molar-refractivity contribution >= 4 is 0 Å². The van der Waals surface area contributed by atoms with Crippen LogP contribution in [0.2, 0.25) is 0 Å². The Morgan fingerprint density at radius 1 is 1.75 bits per heavy atom. The summed E-state index contributed by atoms with van der Waals surface area (Å²) in [4.78, 5) is 0. The van der Waals surface area contributed by atoms with Gasteiger partial charge in [0.2, 0.25) is 0 Å². The highest BCUT2D eigenvalue weighted by Gasteiger charge is 2.13. The molecule has 0 aromatic carbocycles. The van der Waals surface area contributed by atoms with Gasteiger partial charge in [-0.05, 0) is 12.8 Å². The standard InChI is InChI=1S/C5H10N2O/c6-7-4-5-2-1-3-8-5/h5-6H,1-4H2/t5-/m0/s1. The quantitative estimate of drug-likeness (QED) is 0.538. The van der Waals surface area contributed by atoms with Crippen LogP contribution in [0.3, 0.4) is 0 Å². The highest BCUT2D eigenvalue weighted by atomic mass is 16.5. The Kier molecular flexibility index (Phi) is 1.97. The predicted molar refractivity (Wildman–Crippen MR) is 29.0 cm³/mol. The predicted octanol–water partition coefficient (Wildman–Crippen LogP) is 1.20. The van der Waals surface area contributed by atoms with Crippen molar-refractivity contribution < 1.29 is 4.74 Å². The van der Waals surface area contributed by atoms with E-state index in [0.29, 0.717) is 6.54 Å². The number of ether oxygens (including phenoxy) is 1. The second kappa shape index (κ2) is 2.77. The molecule has 1 rings (SSSR count). The van der Waals surface area contributed by atoms with Crippen molar-refractivity contribution in [2.75, 3.05) is 13.2 Å². The third-order valence-electron chi connectivity index (χ3n) is 1.32. The molecule has 8 heavy (non-hydrogen) atoms. The van der Waals surface area contributed by atoms with Gasteiger partial charge in [-0.2, -0.15) is 5.11 Å². The van der Waals surface area contributed by atoms with Gasteiger partial charge in [0.15, 0.2) is 0 Å². The molecular weight excluding hydrogens is 104 g/mol. The molecule has 0 aliphatic carbocycles. The molecule has 3 heteroatoms. The van der Waals surface area contributed by atoms with Crippen molar-refractivity contribution in [2.45, 2.75) is 18.9 Å². The first-order valence-electron chi connectivity index (χ1n) is 2.88. The Balaban J connectivity index is 2.14. The molecule has 1 atom stereocenters. The molecule has 0 radical (unpaired) electrons. The van der Waals surface area contributed by atoms with E-state index in [4.69, 9.17) is 10.3 Å². The van der Waals surface area contributed by atoms with Gasteiger partial charge in [-0.15, -0.1) is 0 Å². The van der Waals surface area contributed by atoms with Crippen molar-refractivity contribution in [3.05, 3.63) is 0 Å². The van der Waals surface area contributed by atoms with Gasteiger partial charge in [0.1, 0.15) is 0 Å². The zero-order chi connectivity index (χ0) is 5.82. The van der Waals surface area contributed by atoms with Crippen LogP contribution < -0.4 is 0 Å². The van der Waals surface area contributed by atoms with Gasteiger partial charge in [0.05, 0.1) is 12.6 Å². The number of nitrogens with zero attached hydrogens (tertiary/aromatic N) is 1. The average Bonchev–Trinajstić information content (AvgIpc) is 2.19. The van der Waals surface area contributed by atoms with E-state index in [1.54, 1.807) is 0 Å². The second-order valence-corrected chi connectivity index (χ2v) is 1.98. The molecule has 1 N–H and O–H groups in total. The fourth-order valence-electron chi connectivity index (χ4n) is 0.890. The zero-order valence-corrected chi connectivity index (χ0v) is 4.76. The Hall–Kier alpha value is -0.440. The van der Waals surface area contributed by atoms with Gasteiger partial charge < -0.3 is 4.74 Å². The Morgan fingerprint density at radius 3 is 3.12 bits per heavy atom. The summed E-state index contributed by atoms with van der Waals surface area (Å²) in [5.74, 6) is 0. The Bertz CT molecular complexity index is 78.5. The summed E-state index contributed by atoms with van der Waals surface area (Å²) >= 11 is 0. The number of rotatable bonds is 2. The lowest BCUT2D eigenvalue weighted by atomic mass is 10.2. The highest BCUT2D eigenvalue weighted by molar-refractivity contribution is 4.64. The van der Waals surface area contributed by atoms with E-state index >= 15 is 0 Å². The summed E-state index contributed by atoms with van der Waals surface area (Å²) in [6, 6.07) is 0. The van der Waals surface area contributed by atoms with Gasteiger partial charge in [-0.1, -0.05) is 0 Å². The first kappa shape index (κ1) is 5.69. The van der Waals surface area contributed by atoms with Gasteiger partial charge in [0.25, 0.3) is 0 Å². The van der Waals surface area contributed by atoms with Crippen molar-refractivity contribution in [3.8, 4) is 0 Å². The Labute approximate surface area is 48.5 Å². The fourth-order valence-corrected chi connectivity index (χ4v) is 0.890. The van der Waals surface area contributed by atoms with Crippen LogP contribution in [-0.2, 0) is 4.74 Å². The molecule has 1 aliphatic heterocycles. The topological polar surface area (TPSA) is 45.4 Å². The molecule has 0 bridgehead atoms. The van der Waals surface area contributed by atoms with E-state index < -0.39 is 0 Å². The first-order valence-corrected chi connectivity index (χ1v) is 2.88. The number of hydrogen-bond acceptors (Lipinski definition) is 3. The first-order chi connectivity index (χ1) is 3.93. The SMILES string of the molecule is N=NC[C@@H]1CCCO1. The lowest BCUT2D eigenvalue weighted by Crippen LogP contribution is -2.07. The normalized spacial score (nSPS) is 28.2. The lowest BCUT2D eigenvalue weighted by Gasteiger charge is -2.00. The molecule has 3 nitrogen and oxygen atoms in total. The highest BCUT2D eigenvalue weighted by Crippen LogP contribution is 2.11. The van der Waals surface area contributed by atoms with Crippen LogP contribution >= 0.6 is 0 Å². The number of hydrogen-bond donors (Lipinski definition) is 1. The van der Waals surface area contributed by atoms with Crippen molar-refractivity contribution in [1.82, 2.24) is 0 Å². The van der Waals surface area contributed by atoms with Crippen LogP contribution in [0.4, 0.5) is 0 Å². The molecule has 0 amide bonds. The van der Waals surface area contributed by atoms with Crippen molar-refractivity contribution in [2.24, 2.45) is 5.11 Å². The molecule has 0 saturated carbocycles. The maximum atomic E-state index is 6.51. The van der Waals surface area contributed by atoms with E-state index in [2.05, 4.69) is 5.11 Å². The van der Waals surface area contributed by atoms with Gasteiger partial charge in [0, 0.05) is 6.61 Å². The molecule has 0 unspecified atom stereocenters. The van der Waals surface area contributed by atoms with E-state index in [1.165, 1.54) is 0 Å². The molecule has 0 aromatic heterocycles. The lowest BCUT2D eigenvalue weighted by molar-refractivity contribution is 0.116. The molecule has 46 valence electrons. The molecule has 0 aromatic rings. The van der Waals surface area contributed by atoms with Gasteiger partial charge >= 0.3 is 0 Å². The molecule has 0 spiro atoms. The van der Waals surface area contributed by atoms with Crippen LogP contribution in [-0.4, -0.2) is 19.3 Å². The second-order valence-electron chi connectivity index (χ2n) is 1.98. The average molecular weight is 114 g/mol. The fraction of sp³-hybridized carbons (Fsp3) is 1.00. The van der Waals surface area contributed by atoms with Gasteiger partial charge in [-0.25, -0.2) is 5.53 Å². The monoisotopic (exact) mass is 114 g/mol. The summed E-state index contributed by atoms with van der Waals surface area (Å²) in [5, 5.41) is 3.24. The third-order valence-corrected chi connectivity index (χ3v) is 1.32. The minimum atomic E-state index is 0.257. The molecule has 1 aliphatic rings. The van der Waals surface area contributed by atoms with Crippen LogP contribution in [0.5, 0.6) is 0 Å². The molecule has 1 fully saturated rings. The Morgan fingerprint density at radius 2 is 2.62 bits per heavy atom. The van der Waals surface area contributed by atoms with E-state index in [-0.39, 0.29) is 6.10 Å². The van der Waals surface area contributed by atoms with Crippen molar-refractivity contribution in [3.63, 3.8) is 0 Å². The van der Waals surface area contributed by atoms with E-state index in [0.717, 1.165) is 19.4 Å². The zero-order valence-electron chi connectivity index (χ0n) is 4.76. The summed E-state index contributed by atoms with van der Waals surface area (Å²) in [6.45, 7) is 1.42. The summed E-state index contributed by atoms with van der Waals surface area (Å²) in [6.07, 6.45) is 2.48. The van der Waals surface area contributed by atoms with Crippen molar-refractivity contribution in [1.29, 1.82) is 5.53 Å². The largest absolute Gasteiger partial charge is 0.376 e. The van der Waals surface area contributed by atoms with Crippen LogP contribution in [0.1, 0.15) is 12.8 Å². The maximum absolute atomic E-state index is 6.51. The van der Waals surface area contributed by atoms with Crippen LogP contribution in [0.15, 0.2) is 5.11 Å². The maximum Gasteiger partial charge on any atom is 0.0858 e. The van der Waals surface area contributed by atoms with Crippen LogP contribution in [0.25, 0.3) is 0 Å². The van der Waals surface area contributed by atoms with E-state index in [1.807, 2.05) is 0 Å². The number of nitrogens with one attached hydrogen (secondary N) is 1. The van der Waals surface area contributed by atoms with Gasteiger partial charge in [-0.3, -0.25) is 0 Å². The summed E-state index contributed by atoms with van der Waals surface area (Å²) in [7, 11) is 0. The molecular formula is C5H10N2O. The molecule has 1 heterocycles. The van der Waals surface area contributed by atoms with Crippen LogP contribution in [0, 0.1) is 5.53 Å². The minimum absolute atomic E-state index is 0.257. The smallest absolute Gasteiger partial charge is 0.0858 e. The summed E-state index contributed by atoms with van der Waals surface area (Å²) < 4.78 is 5.18. The van der Waals surface area contributed by atoms with E-state index in [9.17, 15) is 0 Å². The third kappa shape index (κ3) is 1.26. The summed E-state index contributed by atoms with van der Waals surface area (Å²) in [5.41, 5.74) is 6.51. The minimum Gasteiger partial charge on any atom is -0.376 e.